The topological polar surface area (TPSA) is 41.6 Å². The van der Waals surface area contributed by atoms with Gasteiger partial charge in [0.2, 0.25) is 0 Å². The van der Waals surface area contributed by atoms with Gasteiger partial charge in [0.05, 0.1) is 17.0 Å². The van der Waals surface area contributed by atoms with Crippen molar-refractivity contribution in [1.82, 2.24) is 9.55 Å². The second kappa shape index (κ2) is 5.46. The minimum Gasteiger partial charge on any atom is -0.324 e. The highest BCUT2D eigenvalue weighted by molar-refractivity contribution is 6.16. The molecule has 0 bridgehead atoms. The fraction of sp³-hybridized carbons (Fsp3) is 0.500. The van der Waals surface area contributed by atoms with Crippen molar-refractivity contribution >= 4 is 22.6 Å². The maximum atomic E-state index is 9.24. The van der Waals surface area contributed by atoms with Crippen LogP contribution in [0.25, 0.3) is 11.0 Å². The second-order valence-corrected chi connectivity index (χ2v) is 5.91. The summed E-state index contributed by atoms with van der Waals surface area (Å²) >= 11 is 6.10. The Morgan fingerprint density at radius 2 is 2.20 bits per heavy atom. The van der Waals surface area contributed by atoms with Crippen molar-refractivity contribution in [3.63, 3.8) is 0 Å². The van der Waals surface area contributed by atoms with E-state index in [1.165, 1.54) is 25.7 Å². The molecule has 1 heterocycles. The molecule has 2 atom stereocenters. The summed E-state index contributed by atoms with van der Waals surface area (Å²) in [7, 11) is 0. The number of fused-ring (bicyclic) bond motifs is 1. The SMILES string of the molecule is CC1CCCCC1n1c(CCl)nc2c(C#N)cccc21. The van der Waals surface area contributed by atoms with Gasteiger partial charge in [-0.05, 0) is 30.9 Å². The molecule has 3 rings (SSSR count). The molecule has 1 saturated carbocycles. The number of imidazole rings is 1. The standard InChI is InChI=1S/C16H18ClN3/c1-11-5-2-3-7-13(11)20-14-8-4-6-12(10-18)16(14)19-15(20)9-17/h4,6,8,11,13H,2-3,5,7,9H2,1H3. The molecule has 1 aliphatic rings. The predicted octanol–water partition coefficient (Wildman–Crippen LogP) is 4.40. The fourth-order valence-corrected chi connectivity index (χ4v) is 3.59. The first-order chi connectivity index (χ1) is 9.76. The zero-order valence-electron chi connectivity index (χ0n) is 11.6. The van der Waals surface area contributed by atoms with Gasteiger partial charge in [-0.3, -0.25) is 0 Å². The van der Waals surface area contributed by atoms with Gasteiger partial charge in [0.25, 0.3) is 0 Å². The molecule has 1 aliphatic carbocycles. The van der Waals surface area contributed by atoms with Crippen LogP contribution >= 0.6 is 11.6 Å². The van der Waals surface area contributed by atoms with Gasteiger partial charge in [0.15, 0.2) is 0 Å². The molecule has 3 nitrogen and oxygen atoms in total. The van der Waals surface area contributed by atoms with Crippen molar-refractivity contribution < 1.29 is 0 Å². The van der Waals surface area contributed by atoms with E-state index in [0.29, 0.717) is 23.4 Å². The van der Waals surface area contributed by atoms with Gasteiger partial charge in [-0.1, -0.05) is 25.8 Å². The summed E-state index contributed by atoms with van der Waals surface area (Å²) in [6.45, 7) is 2.31. The first-order valence-electron chi connectivity index (χ1n) is 7.22. The van der Waals surface area contributed by atoms with Gasteiger partial charge in [0, 0.05) is 6.04 Å². The Balaban J connectivity index is 2.20. The lowest BCUT2D eigenvalue weighted by Crippen LogP contribution is -2.22. The van der Waals surface area contributed by atoms with Crippen LogP contribution in [0.5, 0.6) is 0 Å². The summed E-state index contributed by atoms with van der Waals surface area (Å²) in [5.41, 5.74) is 2.48. The Bertz CT molecular complexity index is 668. The van der Waals surface area contributed by atoms with Crippen LogP contribution in [0.4, 0.5) is 0 Å². The van der Waals surface area contributed by atoms with Crippen LogP contribution in [0.15, 0.2) is 18.2 Å². The molecule has 0 N–H and O–H groups in total. The minimum atomic E-state index is 0.392. The average Bonchev–Trinajstić information content (AvgIpc) is 2.86. The molecule has 2 aromatic rings. The van der Waals surface area contributed by atoms with E-state index in [4.69, 9.17) is 11.6 Å². The van der Waals surface area contributed by atoms with E-state index in [1.807, 2.05) is 12.1 Å². The maximum Gasteiger partial charge on any atom is 0.125 e. The number of benzene rings is 1. The summed E-state index contributed by atoms with van der Waals surface area (Å²) in [6, 6.07) is 8.50. The smallest absolute Gasteiger partial charge is 0.125 e. The summed E-state index contributed by atoms with van der Waals surface area (Å²) in [5, 5.41) is 9.24. The molecule has 1 aromatic carbocycles. The Morgan fingerprint density at radius 3 is 2.90 bits per heavy atom. The Hall–Kier alpha value is -1.53. The lowest BCUT2D eigenvalue weighted by Gasteiger charge is -2.31. The van der Waals surface area contributed by atoms with Crippen LogP contribution < -0.4 is 0 Å². The van der Waals surface area contributed by atoms with E-state index in [9.17, 15) is 5.26 Å². The van der Waals surface area contributed by atoms with Crippen LogP contribution in [0.3, 0.4) is 0 Å². The normalized spacial score (nSPS) is 22.9. The Morgan fingerprint density at radius 1 is 1.40 bits per heavy atom. The number of rotatable bonds is 2. The highest BCUT2D eigenvalue weighted by Gasteiger charge is 2.27. The van der Waals surface area contributed by atoms with Crippen LogP contribution in [-0.4, -0.2) is 9.55 Å². The third-order valence-corrected chi connectivity index (χ3v) is 4.67. The molecule has 20 heavy (non-hydrogen) atoms. The molecule has 1 fully saturated rings. The first-order valence-corrected chi connectivity index (χ1v) is 7.75. The molecule has 1 aromatic heterocycles. The average molecular weight is 288 g/mol. The summed E-state index contributed by atoms with van der Waals surface area (Å²) in [6.07, 6.45) is 5.00. The zero-order chi connectivity index (χ0) is 14.1. The Labute approximate surface area is 124 Å². The number of aromatic nitrogens is 2. The number of hydrogen-bond acceptors (Lipinski definition) is 2. The summed E-state index contributed by atoms with van der Waals surface area (Å²) in [4.78, 5) is 4.62. The number of para-hydroxylation sites is 1. The van der Waals surface area contributed by atoms with Gasteiger partial charge in [0.1, 0.15) is 17.4 Å². The monoisotopic (exact) mass is 287 g/mol. The van der Waals surface area contributed by atoms with Gasteiger partial charge < -0.3 is 4.57 Å². The number of hydrogen-bond donors (Lipinski definition) is 0. The minimum absolute atomic E-state index is 0.392. The van der Waals surface area contributed by atoms with Crippen LogP contribution in [0, 0.1) is 17.2 Å². The van der Waals surface area contributed by atoms with E-state index >= 15 is 0 Å². The van der Waals surface area contributed by atoms with Gasteiger partial charge in [-0.15, -0.1) is 11.6 Å². The van der Waals surface area contributed by atoms with E-state index < -0.39 is 0 Å². The number of halogens is 1. The molecule has 0 saturated heterocycles. The maximum absolute atomic E-state index is 9.24. The van der Waals surface area contributed by atoms with Gasteiger partial charge >= 0.3 is 0 Å². The quantitative estimate of drug-likeness (QED) is 0.768. The van der Waals surface area contributed by atoms with E-state index in [2.05, 4.69) is 28.6 Å². The number of alkyl halides is 1. The van der Waals surface area contributed by atoms with Crippen molar-refractivity contribution in [1.29, 1.82) is 5.26 Å². The van der Waals surface area contributed by atoms with Gasteiger partial charge in [-0.25, -0.2) is 4.98 Å². The lowest BCUT2D eigenvalue weighted by molar-refractivity contribution is 0.258. The molecule has 4 heteroatoms. The Kier molecular flexibility index (Phi) is 3.67. The molecule has 104 valence electrons. The van der Waals surface area contributed by atoms with Crippen molar-refractivity contribution in [2.24, 2.45) is 5.92 Å². The van der Waals surface area contributed by atoms with Crippen molar-refractivity contribution in [2.75, 3.05) is 0 Å². The molecule has 0 radical (unpaired) electrons. The third kappa shape index (κ3) is 2.09. The molecule has 0 amide bonds. The fourth-order valence-electron chi connectivity index (χ4n) is 3.40. The highest BCUT2D eigenvalue weighted by atomic mass is 35.5. The molecular weight excluding hydrogens is 270 g/mol. The molecule has 0 aliphatic heterocycles. The lowest BCUT2D eigenvalue weighted by atomic mass is 9.85. The van der Waals surface area contributed by atoms with Crippen LogP contribution in [-0.2, 0) is 5.88 Å². The van der Waals surface area contributed by atoms with E-state index in [1.54, 1.807) is 0 Å². The highest BCUT2D eigenvalue weighted by Crippen LogP contribution is 2.37. The summed E-state index contributed by atoms with van der Waals surface area (Å²) < 4.78 is 2.28. The van der Waals surface area contributed by atoms with Crippen molar-refractivity contribution in [3.05, 3.63) is 29.6 Å². The predicted molar refractivity (Wildman–Crippen MR) is 80.7 cm³/mol. The number of nitriles is 1. The molecular formula is C16H18ClN3. The van der Waals surface area contributed by atoms with E-state index in [0.717, 1.165) is 16.9 Å². The largest absolute Gasteiger partial charge is 0.324 e. The summed E-state index contributed by atoms with van der Waals surface area (Å²) in [5.74, 6) is 1.92. The van der Waals surface area contributed by atoms with Crippen molar-refractivity contribution in [2.45, 2.75) is 44.5 Å². The molecule has 0 spiro atoms. The first kappa shape index (κ1) is 13.5. The second-order valence-electron chi connectivity index (χ2n) is 5.65. The third-order valence-electron chi connectivity index (χ3n) is 4.43. The number of nitrogens with zero attached hydrogens (tertiary/aromatic N) is 3. The van der Waals surface area contributed by atoms with Crippen LogP contribution in [0.2, 0.25) is 0 Å². The van der Waals surface area contributed by atoms with Gasteiger partial charge in [-0.2, -0.15) is 5.26 Å². The van der Waals surface area contributed by atoms with Crippen LogP contribution in [0.1, 0.15) is 50.0 Å². The van der Waals surface area contributed by atoms with E-state index in [-0.39, 0.29) is 0 Å². The zero-order valence-corrected chi connectivity index (χ0v) is 12.4. The molecule has 2 unspecified atom stereocenters. The van der Waals surface area contributed by atoms with Crippen molar-refractivity contribution in [3.8, 4) is 6.07 Å².